The normalized spacial score (nSPS) is 11.0. The molecule has 0 N–H and O–H groups in total. The first kappa shape index (κ1) is 20.8. The number of hydrogen-bond donors (Lipinski definition) is 0. The second kappa shape index (κ2) is 8.48. The van der Waals surface area contributed by atoms with Crippen molar-refractivity contribution in [3.63, 3.8) is 0 Å². The highest BCUT2D eigenvalue weighted by atomic mass is 16.1. The monoisotopic (exact) mass is 427 g/mol. The second-order valence-corrected chi connectivity index (χ2v) is 8.51. The number of rotatable bonds is 4. The van der Waals surface area contributed by atoms with Crippen molar-refractivity contribution in [2.24, 2.45) is 0 Å². The number of fused-ring (bicyclic) bond motifs is 1. The SMILES string of the molecule is Cc1cc(C)c(-c2ccccc2)c(C)c1C(=O)c1cnc2ccccc2c1-c1ccccc1. The minimum Gasteiger partial charge on any atom is -0.289 e. The van der Waals surface area contributed by atoms with Gasteiger partial charge >= 0.3 is 0 Å². The maximum absolute atomic E-state index is 14.2. The van der Waals surface area contributed by atoms with Gasteiger partial charge in [-0.1, -0.05) is 84.9 Å². The largest absolute Gasteiger partial charge is 0.289 e. The molecule has 0 unspecified atom stereocenters. The molecule has 2 nitrogen and oxygen atoms in total. The van der Waals surface area contributed by atoms with Crippen LogP contribution in [0.2, 0.25) is 0 Å². The third kappa shape index (κ3) is 3.64. The van der Waals surface area contributed by atoms with Crippen LogP contribution in [-0.2, 0) is 0 Å². The third-order valence-electron chi connectivity index (χ3n) is 6.34. The van der Waals surface area contributed by atoms with Crippen molar-refractivity contribution in [3.8, 4) is 22.3 Å². The van der Waals surface area contributed by atoms with E-state index in [1.54, 1.807) is 6.20 Å². The fraction of sp³-hybridized carbons (Fsp3) is 0.0968. The summed E-state index contributed by atoms with van der Waals surface area (Å²) in [5.41, 5.74) is 9.65. The summed E-state index contributed by atoms with van der Waals surface area (Å²) in [4.78, 5) is 18.8. The van der Waals surface area contributed by atoms with Crippen LogP contribution in [0.1, 0.15) is 32.6 Å². The Morgan fingerprint density at radius 1 is 0.667 bits per heavy atom. The number of ketones is 1. The predicted molar refractivity (Wildman–Crippen MR) is 137 cm³/mol. The Morgan fingerprint density at radius 2 is 1.24 bits per heavy atom. The summed E-state index contributed by atoms with van der Waals surface area (Å²) in [6.07, 6.45) is 1.74. The van der Waals surface area contributed by atoms with Crippen LogP contribution in [0.3, 0.4) is 0 Å². The van der Waals surface area contributed by atoms with Crippen molar-refractivity contribution in [2.45, 2.75) is 20.8 Å². The van der Waals surface area contributed by atoms with Gasteiger partial charge in [-0.25, -0.2) is 0 Å². The standard InChI is InChI=1S/C31H25NO/c1-20-18-21(2)29(22(3)28(20)23-12-6-4-7-13-23)31(33)26-19-32-27-17-11-10-16-25(27)30(26)24-14-8-5-9-15-24/h4-19H,1-3H3. The summed E-state index contributed by atoms with van der Waals surface area (Å²) in [5.74, 6) is 0.0132. The van der Waals surface area contributed by atoms with Gasteiger partial charge in [0.15, 0.2) is 5.78 Å². The molecule has 1 aromatic heterocycles. The van der Waals surface area contributed by atoms with Crippen LogP contribution in [0.4, 0.5) is 0 Å². The van der Waals surface area contributed by atoms with Gasteiger partial charge in [-0.3, -0.25) is 9.78 Å². The molecule has 0 bridgehead atoms. The van der Waals surface area contributed by atoms with Crippen molar-refractivity contribution in [1.29, 1.82) is 0 Å². The molecule has 160 valence electrons. The lowest BCUT2D eigenvalue weighted by Gasteiger charge is -2.19. The topological polar surface area (TPSA) is 30.0 Å². The van der Waals surface area contributed by atoms with E-state index in [4.69, 9.17) is 0 Å². The van der Waals surface area contributed by atoms with E-state index in [0.29, 0.717) is 5.56 Å². The lowest BCUT2D eigenvalue weighted by Crippen LogP contribution is -2.11. The van der Waals surface area contributed by atoms with Crippen LogP contribution in [0, 0.1) is 20.8 Å². The van der Waals surface area contributed by atoms with Crippen molar-refractivity contribution < 1.29 is 4.79 Å². The molecule has 1 heterocycles. The Balaban J connectivity index is 1.78. The van der Waals surface area contributed by atoms with Crippen LogP contribution in [-0.4, -0.2) is 10.8 Å². The number of carbonyl (C=O) groups is 1. The zero-order valence-electron chi connectivity index (χ0n) is 19.1. The van der Waals surface area contributed by atoms with Gasteiger partial charge < -0.3 is 0 Å². The molecule has 0 saturated carbocycles. The van der Waals surface area contributed by atoms with Gasteiger partial charge in [-0.15, -0.1) is 0 Å². The summed E-state index contributed by atoms with van der Waals surface area (Å²) in [6.45, 7) is 6.20. The van der Waals surface area contributed by atoms with E-state index in [-0.39, 0.29) is 5.78 Å². The molecular weight excluding hydrogens is 402 g/mol. The minimum absolute atomic E-state index is 0.0132. The van der Waals surface area contributed by atoms with E-state index in [1.165, 1.54) is 5.56 Å². The van der Waals surface area contributed by atoms with Gasteiger partial charge in [0.25, 0.3) is 0 Å². The van der Waals surface area contributed by atoms with E-state index in [1.807, 2.05) is 67.6 Å². The van der Waals surface area contributed by atoms with E-state index in [0.717, 1.165) is 49.8 Å². The molecule has 5 rings (SSSR count). The average Bonchev–Trinajstić information content (AvgIpc) is 2.84. The first-order valence-corrected chi connectivity index (χ1v) is 11.2. The van der Waals surface area contributed by atoms with Gasteiger partial charge in [0, 0.05) is 28.3 Å². The number of benzene rings is 4. The van der Waals surface area contributed by atoms with Crippen LogP contribution in [0.15, 0.2) is 97.2 Å². The summed E-state index contributed by atoms with van der Waals surface area (Å²) < 4.78 is 0. The molecule has 33 heavy (non-hydrogen) atoms. The fourth-order valence-corrected chi connectivity index (χ4v) is 4.95. The van der Waals surface area contributed by atoms with Gasteiger partial charge in [0.1, 0.15) is 0 Å². The molecule has 5 aromatic rings. The van der Waals surface area contributed by atoms with Gasteiger partial charge in [-0.05, 0) is 60.2 Å². The molecule has 2 heteroatoms. The van der Waals surface area contributed by atoms with E-state index < -0.39 is 0 Å². The van der Waals surface area contributed by atoms with Crippen molar-refractivity contribution in [1.82, 2.24) is 4.98 Å². The van der Waals surface area contributed by atoms with Crippen LogP contribution >= 0.6 is 0 Å². The quantitative estimate of drug-likeness (QED) is 0.275. The minimum atomic E-state index is 0.0132. The van der Waals surface area contributed by atoms with Crippen molar-refractivity contribution >= 4 is 16.7 Å². The van der Waals surface area contributed by atoms with Gasteiger partial charge in [-0.2, -0.15) is 0 Å². The van der Waals surface area contributed by atoms with Crippen molar-refractivity contribution in [3.05, 3.63) is 125 Å². The van der Waals surface area contributed by atoms with Crippen LogP contribution in [0.25, 0.3) is 33.2 Å². The Hall–Kier alpha value is -4.04. The summed E-state index contributed by atoms with van der Waals surface area (Å²) >= 11 is 0. The predicted octanol–water partition coefficient (Wildman–Crippen LogP) is 7.73. The smallest absolute Gasteiger partial charge is 0.195 e. The number of aryl methyl sites for hydroxylation is 2. The lowest BCUT2D eigenvalue weighted by molar-refractivity contribution is 0.103. The zero-order valence-corrected chi connectivity index (χ0v) is 19.1. The third-order valence-corrected chi connectivity index (χ3v) is 6.34. The first-order valence-electron chi connectivity index (χ1n) is 11.2. The molecule has 0 spiro atoms. The number of nitrogens with zero attached hydrogens (tertiary/aromatic N) is 1. The molecule has 0 atom stereocenters. The molecule has 0 saturated heterocycles. The molecule has 0 radical (unpaired) electrons. The zero-order chi connectivity index (χ0) is 22.9. The number of aromatic nitrogens is 1. The summed E-state index contributed by atoms with van der Waals surface area (Å²) in [5, 5.41) is 0.986. The Bertz CT molecular complexity index is 1480. The summed E-state index contributed by atoms with van der Waals surface area (Å²) in [7, 11) is 0. The Labute approximate surface area is 194 Å². The lowest BCUT2D eigenvalue weighted by atomic mass is 9.84. The molecule has 0 aliphatic heterocycles. The fourth-order valence-electron chi connectivity index (χ4n) is 4.95. The van der Waals surface area contributed by atoms with E-state index in [9.17, 15) is 4.79 Å². The highest BCUT2D eigenvalue weighted by molar-refractivity contribution is 6.18. The molecule has 0 amide bonds. The molecule has 0 aliphatic rings. The molecule has 0 fully saturated rings. The Kier molecular flexibility index (Phi) is 5.35. The highest BCUT2D eigenvalue weighted by Crippen LogP contribution is 2.36. The van der Waals surface area contributed by atoms with E-state index in [2.05, 4.69) is 49.2 Å². The number of carbonyl (C=O) groups excluding carboxylic acids is 1. The van der Waals surface area contributed by atoms with Gasteiger partial charge in [0.2, 0.25) is 0 Å². The van der Waals surface area contributed by atoms with Gasteiger partial charge in [0.05, 0.1) is 5.52 Å². The molecular formula is C31H25NO. The molecule has 0 aliphatic carbocycles. The number of hydrogen-bond acceptors (Lipinski definition) is 2. The number of pyridine rings is 1. The average molecular weight is 428 g/mol. The summed E-state index contributed by atoms with van der Waals surface area (Å²) in [6, 6.07) is 30.6. The first-order chi connectivity index (χ1) is 16.1. The second-order valence-electron chi connectivity index (χ2n) is 8.51. The van der Waals surface area contributed by atoms with E-state index >= 15 is 0 Å². The highest BCUT2D eigenvalue weighted by Gasteiger charge is 2.23. The Morgan fingerprint density at radius 3 is 1.91 bits per heavy atom. The molecule has 4 aromatic carbocycles. The maximum atomic E-state index is 14.2. The number of para-hydroxylation sites is 1. The van der Waals surface area contributed by atoms with Crippen molar-refractivity contribution in [2.75, 3.05) is 0 Å². The maximum Gasteiger partial charge on any atom is 0.195 e. The van der Waals surface area contributed by atoms with Crippen LogP contribution < -0.4 is 0 Å². The van der Waals surface area contributed by atoms with Crippen LogP contribution in [0.5, 0.6) is 0 Å².